The van der Waals surface area contributed by atoms with Gasteiger partial charge < -0.3 is 29.2 Å². The number of benzene rings is 1. The van der Waals surface area contributed by atoms with Gasteiger partial charge in [0.25, 0.3) is 6.16 Å². The third-order valence-corrected chi connectivity index (χ3v) is 3.09. The van der Waals surface area contributed by atoms with E-state index in [0.717, 1.165) is 19.4 Å². The first kappa shape index (κ1) is 13.6. The number of fused-ring (bicyclic) bond motifs is 1. The minimum Gasteiger partial charge on any atom is -0.514 e. The molecule has 104 valence electrons. The van der Waals surface area contributed by atoms with E-state index in [9.17, 15) is 9.90 Å². The average molecular weight is 267 g/mol. The molecule has 0 aromatic heterocycles. The zero-order valence-electron chi connectivity index (χ0n) is 10.5. The highest BCUT2D eigenvalue weighted by Crippen LogP contribution is 2.46. The predicted molar refractivity (Wildman–Crippen MR) is 62.9 cm³/mol. The van der Waals surface area contributed by atoms with Crippen LogP contribution in [-0.4, -0.2) is 36.7 Å². The highest BCUT2D eigenvalue weighted by molar-refractivity contribution is 5.58. The summed E-state index contributed by atoms with van der Waals surface area (Å²) in [6.07, 6.45) is 0.387. The van der Waals surface area contributed by atoms with E-state index in [0.29, 0.717) is 5.75 Å². The van der Waals surface area contributed by atoms with Crippen LogP contribution in [0, 0.1) is 0 Å². The molecule has 2 unspecified atom stereocenters. The van der Waals surface area contributed by atoms with E-state index in [-0.39, 0.29) is 17.5 Å². The van der Waals surface area contributed by atoms with Crippen molar-refractivity contribution < 1.29 is 29.2 Å². The number of hydrogen-bond donors (Lipinski definition) is 1. The van der Waals surface area contributed by atoms with Gasteiger partial charge in [-0.05, 0) is 24.3 Å². The molecule has 0 amide bonds. The van der Waals surface area contributed by atoms with Crippen LogP contribution in [-0.2, 0) is 4.74 Å². The quantitative estimate of drug-likeness (QED) is 0.613. The molecule has 6 nitrogen and oxygen atoms in total. The van der Waals surface area contributed by atoms with E-state index < -0.39 is 6.16 Å². The Labute approximate surface area is 110 Å². The molecular formula is C13H15O6-. The van der Waals surface area contributed by atoms with Gasteiger partial charge in [-0.2, -0.15) is 0 Å². The highest BCUT2D eigenvalue weighted by Gasteiger charge is 2.57. The first-order valence-electron chi connectivity index (χ1n) is 5.90. The minimum absolute atomic E-state index is 0.215. The Bertz CT molecular complexity index is 441. The molecule has 2 aliphatic rings. The largest absolute Gasteiger partial charge is 0.514 e. The van der Waals surface area contributed by atoms with Crippen LogP contribution in [0.5, 0.6) is 11.5 Å². The smallest absolute Gasteiger partial charge is 0.257 e. The maximum absolute atomic E-state index is 9.96. The third kappa shape index (κ3) is 3.59. The predicted octanol–water partition coefficient (Wildman–Crippen LogP) is 0.327. The number of hydrogen-bond acceptors (Lipinski definition) is 6. The van der Waals surface area contributed by atoms with Crippen LogP contribution >= 0.6 is 0 Å². The molecule has 1 aliphatic heterocycles. The summed E-state index contributed by atoms with van der Waals surface area (Å²) in [4.78, 5) is 9.96. The molecule has 3 rings (SSSR count). The molecule has 2 fully saturated rings. The van der Waals surface area contributed by atoms with E-state index >= 15 is 0 Å². The van der Waals surface area contributed by atoms with Crippen molar-refractivity contribution in [3.05, 3.63) is 24.3 Å². The third-order valence-electron chi connectivity index (χ3n) is 3.09. The molecule has 1 aliphatic carbocycles. The Morgan fingerprint density at radius 1 is 1.42 bits per heavy atom. The van der Waals surface area contributed by atoms with E-state index in [4.69, 9.17) is 14.6 Å². The molecular weight excluding hydrogens is 252 g/mol. The summed E-state index contributed by atoms with van der Waals surface area (Å²) < 4.78 is 14.2. The fourth-order valence-electron chi connectivity index (χ4n) is 1.86. The van der Waals surface area contributed by atoms with Crippen LogP contribution in [0.3, 0.4) is 0 Å². The molecule has 19 heavy (non-hydrogen) atoms. The number of rotatable bonds is 2. The number of ether oxygens (including phenoxy) is 3. The molecule has 1 aromatic carbocycles. The van der Waals surface area contributed by atoms with Gasteiger partial charge in [0, 0.05) is 19.4 Å². The van der Waals surface area contributed by atoms with Crippen molar-refractivity contribution in [2.45, 2.75) is 24.5 Å². The summed E-state index contributed by atoms with van der Waals surface area (Å²) in [6.45, 7) is 0.765. The van der Waals surface area contributed by atoms with Gasteiger partial charge in [-0.25, -0.2) is 0 Å². The Kier molecular flexibility index (Phi) is 3.92. The Hall–Kier alpha value is -1.79. The van der Waals surface area contributed by atoms with E-state index in [1.807, 2.05) is 0 Å². The van der Waals surface area contributed by atoms with Crippen LogP contribution in [0.4, 0.5) is 4.79 Å². The fourth-order valence-corrected chi connectivity index (χ4v) is 1.86. The topological polar surface area (TPSA) is 88.1 Å². The lowest BCUT2D eigenvalue weighted by molar-refractivity contribution is -0.271. The Morgan fingerprint density at radius 3 is 2.37 bits per heavy atom. The standard InChI is InChI=1S/C8H8O4.C5H8O2/c1-11-6-2-4-7(5-3-6)12-8(9)10;6-5-1-2-7-4(5)3-5/h2-5H,1H3,(H,9,10);4,6H,1-3H2/p-1. The number of methoxy groups -OCH3 is 1. The zero-order valence-corrected chi connectivity index (χ0v) is 10.5. The van der Waals surface area contributed by atoms with Gasteiger partial charge in [0.2, 0.25) is 0 Å². The summed E-state index contributed by atoms with van der Waals surface area (Å²) in [5.41, 5.74) is -0.361. The Morgan fingerprint density at radius 2 is 2.05 bits per heavy atom. The van der Waals surface area contributed by atoms with Gasteiger partial charge in [-0.15, -0.1) is 0 Å². The van der Waals surface area contributed by atoms with Crippen molar-refractivity contribution in [2.24, 2.45) is 0 Å². The molecule has 1 saturated carbocycles. The maximum Gasteiger partial charge on any atom is 0.257 e. The monoisotopic (exact) mass is 267 g/mol. The normalized spacial score (nSPS) is 26.7. The summed E-state index contributed by atoms with van der Waals surface area (Å²) in [5.74, 6) is 0.858. The SMILES string of the molecule is COc1ccc(OC(=O)[O-])cc1.OC12CCOC1C2. The van der Waals surface area contributed by atoms with Gasteiger partial charge in [-0.1, -0.05) is 0 Å². The van der Waals surface area contributed by atoms with Gasteiger partial charge in [0.05, 0.1) is 24.6 Å². The Balaban J connectivity index is 0.000000159. The van der Waals surface area contributed by atoms with Crippen molar-refractivity contribution in [3.8, 4) is 11.5 Å². The molecule has 6 heteroatoms. The van der Waals surface area contributed by atoms with Crippen molar-refractivity contribution in [2.75, 3.05) is 13.7 Å². The van der Waals surface area contributed by atoms with Crippen LogP contribution in [0.2, 0.25) is 0 Å². The van der Waals surface area contributed by atoms with E-state index in [1.165, 1.54) is 19.2 Å². The van der Waals surface area contributed by atoms with Gasteiger partial charge in [0.1, 0.15) is 5.75 Å². The molecule has 1 aromatic rings. The number of carbonyl (C=O) groups excluding carboxylic acids is 1. The van der Waals surface area contributed by atoms with Crippen molar-refractivity contribution in [1.82, 2.24) is 0 Å². The summed E-state index contributed by atoms with van der Waals surface area (Å²) in [7, 11) is 1.52. The second-order valence-electron chi connectivity index (χ2n) is 4.44. The van der Waals surface area contributed by atoms with Gasteiger partial charge in [-0.3, -0.25) is 0 Å². The van der Waals surface area contributed by atoms with Gasteiger partial charge in [0.15, 0.2) is 0 Å². The molecule has 0 spiro atoms. The van der Waals surface area contributed by atoms with E-state index in [2.05, 4.69) is 4.74 Å². The second-order valence-corrected chi connectivity index (χ2v) is 4.44. The first-order valence-corrected chi connectivity index (χ1v) is 5.90. The maximum atomic E-state index is 9.96. The molecule has 1 heterocycles. The number of aliphatic hydroxyl groups is 1. The van der Waals surface area contributed by atoms with Crippen molar-refractivity contribution >= 4 is 6.16 Å². The lowest BCUT2D eigenvalue weighted by atomic mass is 10.3. The second kappa shape index (κ2) is 5.46. The first-order chi connectivity index (χ1) is 9.03. The lowest BCUT2D eigenvalue weighted by Gasteiger charge is -2.07. The summed E-state index contributed by atoms with van der Waals surface area (Å²) >= 11 is 0. The fraction of sp³-hybridized carbons (Fsp3) is 0.462. The molecule has 2 atom stereocenters. The van der Waals surface area contributed by atoms with Crippen LogP contribution in [0.15, 0.2) is 24.3 Å². The van der Waals surface area contributed by atoms with Gasteiger partial charge >= 0.3 is 0 Å². The highest BCUT2D eigenvalue weighted by atomic mass is 16.7. The van der Waals surface area contributed by atoms with Crippen molar-refractivity contribution in [3.63, 3.8) is 0 Å². The minimum atomic E-state index is -1.57. The van der Waals surface area contributed by atoms with Crippen molar-refractivity contribution in [1.29, 1.82) is 0 Å². The molecule has 1 saturated heterocycles. The number of carbonyl (C=O) groups is 1. The van der Waals surface area contributed by atoms with Crippen LogP contribution < -0.4 is 14.6 Å². The molecule has 0 radical (unpaired) electrons. The van der Waals surface area contributed by atoms with E-state index in [1.54, 1.807) is 12.1 Å². The number of carboxylic acid groups (broad SMARTS) is 1. The lowest BCUT2D eigenvalue weighted by Crippen LogP contribution is -2.26. The molecule has 1 N–H and O–H groups in total. The summed E-state index contributed by atoms with van der Waals surface area (Å²) in [6, 6.07) is 6.15. The van der Waals surface area contributed by atoms with Crippen LogP contribution in [0.1, 0.15) is 12.8 Å². The van der Waals surface area contributed by atoms with Crippen LogP contribution in [0.25, 0.3) is 0 Å². The molecule has 0 bridgehead atoms. The average Bonchev–Trinajstić information content (AvgIpc) is 2.88. The summed E-state index contributed by atoms with van der Waals surface area (Å²) in [5, 5.41) is 19.1. The zero-order chi connectivity index (χ0) is 13.9.